The molecule has 0 saturated carbocycles. The Bertz CT molecular complexity index is 490. The number of nitrogens with zero attached hydrogens (tertiary/aromatic N) is 2. The molecule has 102 valence electrons. The van der Waals surface area contributed by atoms with E-state index in [2.05, 4.69) is 35.5 Å². The van der Waals surface area contributed by atoms with Gasteiger partial charge in [0.25, 0.3) is 0 Å². The summed E-state index contributed by atoms with van der Waals surface area (Å²) in [6, 6.07) is 10.2. The van der Waals surface area contributed by atoms with Gasteiger partial charge in [0.15, 0.2) is 0 Å². The van der Waals surface area contributed by atoms with Crippen molar-refractivity contribution in [3.8, 4) is 5.75 Å². The first-order valence-electron chi connectivity index (χ1n) is 6.76. The van der Waals surface area contributed by atoms with E-state index >= 15 is 0 Å². The molecule has 1 N–H and O–H groups in total. The van der Waals surface area contributed by atoms with E-state index in [4.69, 9.17) is 4.74 Å². The summed E-state index contributed by atoms with van der Waals surface area (Å²) in [6.45, 7) is 7.33. The molecule has 0 radical (unpaired) electrons. The summed E-state index contributed by atoms with van der Waals surface area (Å²) in [4.78, 5) is 0. The Morgan fingerprint density at radius 2 is 1.89 bits per heavy atom. The summed E-state index contributed by atoms with van der Waals surface area (Å²) in [5, 5.41) is 7.82. The third kappa shape index (κ3) is 4.10. The van der Waals surface area contributed by atoms with E-state index in [0.717, 1.165) is 31.1 Å². The second-order valence-corrected chi connectivity index (χ2v) is 4.34. The summed E-state index contributed by atoms with van der Waals surface area (Å²) in [5.41, 5.74) is 2.33. The van der Waals surface area contributed by atoms with Gasteiger partial charge in [0.1, 0.15) is 5.75 Å². The molecule has 0 aliphatic rings. The van der Waals surface area contributed by atoms with Gasteiger partial charge < -0.3 is 10.1 Å². The normalized spacial score (nSPS) is 10.6. The maximum atomic E-state index is 5.42. The van der Waals surface area contributed by atoms with Gasteiger partial charge in [0.2, 0.25) is 0 Å². The minimum absolute atomic E-state index is 0.706. The predicted molar refractivity (Wildman–Crippen MR) is 76.1 cm³/mol. The van der Waals surface area contributed by atoms with Crippen molar-refractivity contribution < 1.29 is 4.74 Å². The van der Waals surface area contributed by atoms with Crippen LogP contribution in [-0.2, 0) is 19.6 Å². The summed E-state index contributed by atoms with van der Waals surface area (Å²) in [7, 11) is 0. The Morgan fingerprint density at radius 3 is 2.53 bits per heavy atom. The molecule has 0 aliphatic heterocycles. The molecule has 0 aliphatic carbocycles. The fourth-order valence-electron chi connectivity index (χ4n) is 1.88. The van der Waals surface area contributed by atoms with Gasteiger partial charge in [-0.05, 0) is 37.6 Å². The van der Waals surface area contributed by atoms with Crippen molar-refractivity contribution in [2.24, 2.45) is 0 Å². The smallest absolute Gasteiger partial charge is 0.119 e. The van der Waals surface area contributed by atoms with Crippen molar-refractivity contribution >= 4 is 0 Å². The molecular weight excluding hydrogens is 238 g/mol. The van der Waals surface area contributed by atoms with E-state index in [1.165, 1.54) is 5.56 Å². The Labute approximate surface area is 114 Å². The highest BCUT2D eigenvalue weighted by Crippen LogP contribution is 2.11. The molecule has 0 unspecified atom stereocenters. The minimum atomic E-state index is 0.706. The van der Waals surface area contributed by atoms with Gasteiger partial charge in [0, 0.05) is 25.8 Å². The first-order chi connectivity index (χ1) is 9.31. The van der Waals surface area contributed by atoms with Crippen LogP contribution in [0.15, 0.2) is 36.5 Å². The van der Waals surface area contributed by atoms with Gasteiger partial charge in [0.05, 0.1) is 12.3 Å². The number of aromatic nitrogens is 2. The molecule has 2 rings (SSSR count). The quantitative estimate of drug-likeness (QED) is 0.830. The number of hydrogen-bond donors (Lipinski definition) is 1. The first kappa shape index (κ1) is 13.6. The van der Waals surface area contributed by atoms with E-state index in [9.17, 15) is 0 Å². The van der Waals surface area contributed by atoms with Gasteiger partial charge in [-0.2, -0.15) is 5.10 Å². The molecule has 0 fully saturated rings. The molecule has 0 bridgehead atoms. The lowest BCUT2D eigenvalue weighted by Gasteiger charge is -2.06. The molecule has 0 saturated heterocycles. The van der Waals surface area contributed by atoms with E-state index in [1.54, 1.807) is 0 Å². The highest BCUT2D eigenvalue weighted by atomic mass is 16.5. The van der Waals surface area contributed by atoms with Crippen LogP contribution in [0.25, 0.3) is 0 Å². The van der Waals surface area contributed by atoms with Gasteiger partial charge in [-0.1, -0.05) is 12.1 Å². The third-order valence-electron chi connectivity index (χ3n) is 2.89. The Morgan fingerprint density at radius 1 is 1.11 bits per heavy atom. The zero-order valence-electron chi connectivity index (χ0n) is 11.6. The second kappa shape index (κ2) is 6.95. The molecule has 1 aromatic heterocycles. The summed E-state index contributed by atoms with van der Waals surface area (Å²) in [6.07, 6.45) is 2.01. The molecule has 1 aromatic carbocycles. The summed E-state index contributed by atoms with van der Waals surface area (Å²) >= 11 is 0. The number of aryl methyl sites for hydroxylation is 1. The molecule has 2 aromatic rings. The lowest BCUT2D eigenvalue weighted by molar-refractivity contribution is 0.340. The topological polar surface area (TPSA) is 39.1 Å². The summed E-state index contributed by atoms with van der Waals surface area (Å²) < 4.78 is 7.35. The SMILES string of the molecule is CCOc1ccc(CNCc2ccn(CC)n2)cc1. The molecule has 19 heavy (non-hydrogen) atoms. The standard InChI is InChI=1S/C15H21N3O/c1-3-18-10-9-14(17-18)12-16-11-13-5-7-15(8-6-13)19-4-2/h5-10,16H,3-4,11-12H2,1-2H3. The lowest BCUT2D eigenvalue weighted by Crippen LogP contribution is -2.13. The van der Waals surface area contributed by atoms with Crippen molar-refractivity contribution in [1.29, 1.82) is 0 Å². The molecular formula is C15H21N3O. The highest BCUT2D eigenvalue weighted by molar-refractivity contribution is 5.27. The molecule has 0 atom stereocenters. The highest BCUT2D eigenvalue weighted by Gasteiger charge is 1.98. The first-order valence-corrected chi connectivity index (χ1v) is 6.76. The molecule has 1 heterocycles. The molecule has 0 spiro atoms. The van der Waals surface area contributed by atoms with Gasteiger partial charge >= 0.3 is 0 Å². The maximum Gasteiger partial charge on any atom is 0.119 e. The van der Waals surface area contributed by atoms with E-state index in [-0.39, 0.29) is 0 Å². The van der Waals surface area contributed by atoms with E-state index in [0.29, 0.717) is 6.61 Å². The van der Waals surface area contributed by atoms with E-state index < -0.39 is 0 Å². The third-order valence-corrected chi connectivity index (χ3v) is 2.89. The van der Waals surface area contributed by atoms with Crippen LogP contribution in [0.1, 0.15) is 25.1 Å². The second-order valence-electron chi connectivity index (χ2n) is 4.34. The van der Waals surface area contributed by atoms with Crippen molar-refractivity contribution in [2.75, 3.05) is 6.61 Å². The van der Waals surface area contributed by atoms with Crippen molar-refractivity contribution in [2.45, 2.75) is 33.5 Å². The maximum absolute atomic E-state index is 5.42. The number of benzene rings is 1. The van der Waals surface area contributed by atoms with Crippen molar-refractivity contribution in [1.82, 2.24) is 15.1 Å². The van der Waals surface area contributed by atoms with Crippen molar-refractivity contribution in [3.63, 3.8) is 0 Å². The van der Waals surface area contributed by atoms with Gasteiger partial charge in [-0.15, -0.1) is 0 Å². The molecule has 4 nitrogen and oxygen atoms in total. The monoisotopic (exact) mass is 259 g/mol. The predicted octanol–water partition coefficient (Wildman–Crippen LogP) is 2.59. The zero-order valence-corrected chi connectivity index (χ0v) is 11.6. The lowest BCUT2D eigenvalue weighted by atomic mass is 10.2. The van der Waals surface area contributed by atoms with Crippen LogP contribution < -0.4 is 10.1 Å². The Hall–Kier alpha value is -1.81. The fourth-order valence-corrected chi connectivity index (χ4v) is 1.88. The number of ether oxygens (including phenoxy) is 1. The summed E-state index contributed by atoms with van der Waals surface area (Å²) in [5.74, 6) is 0.924. The number of hydrogen-bond acceptors (Lipinski definition) is 3. The average Bonchev–Trinajstić information content (AvgIpc) is 2.89. The largest absolute Gasteiger partial charge is 0.494 e. The Kier molecular flexibility index (Phi) is 4.98. The van der Waals surface area contributed by atoms with Crippen LogP contribution in [0.5, 0.6) is 5.75 Å². The minimum Gasteiger partial charge on any atom is -0.494 e. The zero-order chi connectivity index (χ0) is 13.5. The molecule has 0 amide bonds. The fraction of sp³-hybridized carbons (Fsp3) is 0.400. The van der Waals surface area contributed by atoms with Crippen LogP contribution in [-0.4, -0.2) is 16.4 Å². The van der Waals surface area contributed by atoms with Crippen LogP contribution in [0.2, 0.25) is 0 Å². The number of nitrogens with one attached hydrogen (secondary N) is 1. The number of rotatable bonds is 7. The van der Waals surface area contributed by atoms with Crippen LogP contribution in [0, 0.1) is 0 Å². The van der Waals surface area contributed by atoms with E-state index in [1.807, 2.05) is 29.9 Å². The van der Waals surface area contributed by atoms with Crippen LogP contribution in [0.4, 0.5) is 0 Å². The van der Waals surface area contributed by atoms with Crippen molar-refractivity contribution in [3.05, 3.63) is 47.8 Å². The Balaban J connectivity index is 1.78. The van der Waals surface area contributed by atoms with Gasteiger partial charge in [-0.3, -0.25) is 4.68 Å². The molecule has 4 heteroatoms. The van der Waals surface area contributed by atoms with Gasteiger partial charge in [-0.25, -0.2) is 0 Å². The van der Waals surface area contributed by atoms with Crippen LogP contribution in [0.3, 0.4) is 0 Å². The van der Waals surface area contributed by atoms with Crippen LogP contribution >= 0.6 is 0 Å². The average molecular weight is 259 g/mol.